The average molecular weight is 259 g/mol. The number of nitrogen functional groups attached to an aromatic ring is 1. The van der Waals surface area contributed by atoms with Gasteiger partial charge in [-0.15, -0.1) is 0 Å². The molecule has 0 spiro atoms. The van der Waals surface area contributed by atoms with Gasteiger partial charge in [0.25, 0.3) is 0 Å². The predicted molar refractivity (Wildman–Crippen MR) is 64.2 cm³/mol. The first kappa shape index (κ1) is 12.3. The van der Waals surface area contributed by atoms with Crippen LogP contribution >= 0.6 is 11.6 Å². The molecule has 0 aromatic carbocycles. The molecule has 0 bridgehead atoms. The van der Waals surface area contributed by atoms with Gasteiger partial charge in [0, 0.05) is 19.7 Å². The number of nitrogens with two attached hydrogens (primary N) is 1. The number of aromatic nitrogens is 2. The van der Waals surface area contributed by atoms with E-state index in [0.717, 1.165) is 13.0 Å². The summed E-state index contributed by atoms with van der Waals surface area (Å²) in [6.45, 7) is 1.30. The molecule has 2 heterocycles. The maximum absolute atomic E-state index is 5.87. The van der Waals surface area contributed by atoms with Crippen molar-refractivity contribution in [3.8, 4) is 5.75 Å². The smallest absolute Gasteiger partial charge is 0.199 e. The number of ether oxygens (including phenoxy) is 2. The molecule has 0 unspecified atom stereocenters. The Bertz CT molecular complexity index is 370. The molecular weight excluding hydrogens is 244 g/mol. The summed E-state index contributed by atoms with van der Waals surface area (Å²) in [6, 6.07) is 0.232. The monoisotopic (exact) mass is 258 g/mol. The van der Waals surface area contributed by atoms with E-state index in [1.165, 1.54) is 6.33 Å². The second kappa shape index (κ2) is 5.48. The maximum atomic E-state index is 5.87. The zero-order chi connectivity index (χ0) is 12.3. The van der Waals surface area contributed by atoms with Gasteiger partial charge in [0.15, 0.2) is 16.7 Å². The molecule has 1 saturated heterocycles. The van der Waals surface area contributed by atoms with Crippen molar-refractivity contribution in [1.29, 1.82) is 0 Å². The third kappa shape index (κ3) is 2.96. The van der Waals surface area contributed by atoms with Crippen molar-refractivity contribution in [3.63, 3.8) is 0 Å². The topological polar surface area (TPSA) is 82.3 Å². The molecule has 1 aliphatic rings. The van der Waals surface area contributed by atoms with Crippen molar-refractivity contribution in [3.05, 3.63) is 11.5 Å². The molecule has 1 aromatic rings. The first-order chi connectivity index (χ1) is 8.20. The van der Waals surface area contributed by atoms with Gasteiger partial charge < -0.3 is 20.5 Å². The highest BCUT2D eigenvalue weighted by atomic mass is 35.5. The van der Waals surface area contributed by atoms with Gasteiger partial charge in [-0.05, 0) is 6.42 Å². The van der Waals surface area contributed by atoms with E-state index in [2.05, 4.69) is 15.3 Å². The molecule has 3 N–H and O–H groups in total. The van der Waals surface area contributed by atoms with Crippen molar-refractivity contribution in [2.24, 2.45) is 0 Å². The fourth-order valence-corrected chi connectivity index (χ4v) is 1.97. The summed E-state index contributed by atoms with van der Waals surface area (Å²) in [7, 11) is 1.70. The number of halogens is 1. The summed E-state index contributed by atoms with van der Waals surface area (Å²) >= 11 is 5.87. The van der Waals surface area contributed by atoms with Gasteiger partial charge in [-0.3, -0.25) is 0 Å². The first-order valence-corrected chi connectivity index (χ1v) is 5.73. The minimum atomic E-state index is 0.232. The summed E-state index contributed by atoms with van der Waals surface area (Å²) in [6.07, 6.45) is 2.45. The van der Waals surface area contributed by atoms with Gasteiger partial charge in [-0.1, -0.05) is 11.6 Å². The van der Waals surface area contributed by atoms with Crippen LogP contribution in [0.2, 0.25) is 5.15 Å². The lowest BCUT2D eigenvalue weighted by molar-refractivity contribution is 0.115. The number of anilines is 1. The van der Waals surface area contributed by atoms with Gasteiger partial charge in [0.2, 0.25) is 0 Å². The Morgan fingerprint density at radius 2 is 2.41 bits per heavy atom. The van der Waals surface area contributed by atoms with Gasteiger partial charge in [0.1, 0.15) is 12.9 Å². The molecule has 7 heteroatoms. The molecule has 6 nitrogen and oxygen atoms in total. The standard InChI is InChI=1S/C10H15ClN4O2/c1-16-7-2-6(13-3-7)4-17-8-9(11)14-5-15-10(8)12/h5-7,13H,2-4H2,1H3,(H2,12,14,15)/t6-,7+/m0/s1. The highest BCUT2D eigenvalue weighted by Crippen LogP contribution is 2.26. The van der Waals surface area contributed by atoms with Gasteiger partial charge >= 0.3 is 0 Å². The van der Waals surface area contributed by atoms with E-state index < -0.39 is 0 Å². The molecule has 2 rings (SSSR count). The molecular formula is C10H15ClN4O2. The summed E-state index contributed by atoms with van der Waals surface area (Å²) < 4.78 is 10.8. The van der Waals surface area contributed by atoms with E-state index in [9.17, 15) is 0 Å². The number of methoxy groups -OCH3 is 1. The maximum Gasteiger partial charge on any atom is 0.199 e. The Labute approximate surface area is 104 Å². The number of hydrogen-bond acceptors (Lipinski definition) is 6. The van der Waals surface area contributed by atoms with Crippen LogP contribution in [0.1, 0.15) is 6.42 Å². The Hall–Kier alpha value is -1.11. The number of hydrogen-bond donors (Lipinski definition) is 2. The fraction of sp³-hybridized carbons (Fsp3) is 0.600. The van der Waals surface area contributed by atoms with E-state index in [1.54, 1.807) is 7.11 Å². The van der Waals surface area contributed by atoms with Gasteiger partial charge in [-0.25, -0.2) is 9.97 Å². The molecule has 0 amide bonds. The predicted octanol–water partition coefficient (Wildman–Crippen LogP) is 0.468. The molecule has 0 radical (unpaired) electrons. The number of nitrogens with one attached hydrogen (secondary N) is 1. The van der Waals surface area contributed by atoms with Crippen molar-refractivity contribution in [2.75, 3.05) is 26.0 Å². The molecule has 94 valence electrons. The van der Waals surface area contributed by atoms with Crippen LogP contribution in [-0.2, 0) is 4.74 Å². The number of rotatable bonds is 4. The summed E-state index contributed by atoms with van der Waals surface area (Å²) in [5, 5.41) is 3.53. The SMILES string of the molecule is CO[C@H]1CN[C@H](COc2c(N)ncnc2Cl)C1. The summed E-state index contributed by atoms with van der Waals surface area (Å²) in [5.74, 6) is 0.600. The van der Waals surface area contributed by atoms with Crippen LogP contribution in [0.5, 0.6) is 5.75 Å². The van der Waals surface area contributed by atoms with E-state index in [1.807, 2.05) is 0 Å². The van der Waals surface area contributed by atoms with Crippen LogP contribution in [0, 0.1) is 0 Å². The molecule has 17 heavy (non-hydrogen) atoms. The van der Waals surface area contributed by atoms with E-state index in [-0.39, 0.29) is 23.1 Å². The third-order valence-electron chi connectivity index (χ3n) is 2.73. The van der Waals surface area contributed by atoms with Crippen LogP contribution in [-0.4, -0.2) is 42.4 Å². The van der Waals surface area contributed by atoms with Crippen molar-refractivity contribution >= 4 is 17.4 Å². The van der Waals surface area contributed by atoms with Gasteiger partial charge in [0.05, 0.1) is 6.10 Å². The second-order valence-electron chi connectivity index (χ2n) is 3.89. The van der Waals surface area contributed by atoms with Crippen LogP contribution in [0.25, 0.3) is 0 Å². The zero-order valence-corrected chi connectivity index (χ0v) is 10.3. The Balaban J connectivity index is 1.90. The van der Waals surface area contributed by atoms with Crippen molar-refractivity contribution in [1.82, 2.24) is 15.3 Å². The Kier molecular flexibility index (Phi) is 3.98. The average Bonchev–Trinajstić information content (AvgIpc) is 2.76. The highest BCUT2D eigenvalue weighted by Gasteiger charge is 2.24. The number of nitrogens with zero attached hydrogens (tertiary/aromatic N) is 2. The van der Waals surface area contributed by atoms with Crippen LogP contribution in [0.15, 0.2) is 6.33 Å². The lowest BCUT2D eigenvalue weighted by Gasteiger charge is -2.13. The third-order valence-corrected chi connectivity index (χ3v) is 3.00. The minimum Gasteiger partial charge on any atom is -0.485 e. The molecule has 1 aliphatic heterocycles. The lowest BCUT2D eigenvalue weighted by atomic mass is 10.2. The fourth-order valence-electron chi connectivity index (χ4n) is 1.77. The van der Waals surface area contributed by atoms with Crippen LogP contribution in [0.4, 0.5) is 5.82 Å². The summed E-state index contributed by atoms with van der Waals surface area (Å²) in [5.41, 5.74) is 5.65. The Morgan fingerprint density at radius 1 is 1.59 bits per heavy atom. The molecule has 2 atom stereocenters. The highest BCUT2D eigenvalue weighted by molar-refractivity contribution is 6.31. The molecule has 0 saturated carbocycles. The Morgan fingerprint density at radius 3 is 3.06 bits per heavy atom. The second-order valence-corrected chi connectivity index (χ2v) is 4.25. The molecule has 1 fully saturated rings. The van der Waals surface area contributed by atoms with Gasteiger partial charge in [-0.2, -0.15) is 0 Å². The summed E-state index contributed by atoms with van der Waals surface area (Å²) in [4.78, 5) is 7.65. The van der Waals surface area contributed by atoms with E-state index >= 15 is 0 Å². The van der Waals surface area contributed by atoms with E-state index in [4.69, 9.17) is 26.8 Å². The zero-order valence-electron chi connectivity index (χ0n) is 9.52. The minimum absolute atomic E-state index is 0.232. The quantitative estimate of drug-likeness (QED) is 0.764. The van der Waals surface area contributed by atoms with Crippen LogP contribution in [0.3, 0.4) is 0 Å². The van der Waals surface area contributed by atoms with Crippen LogP contribution < -0.4 is 15.8 Å². The van der Waals surface area contributed by atoms with Crippen molar-refractivity contribution in [2.45, 2.75) is 18.6 Å². The normalized spacial score (nSPS) is 23.9. The lowest BCUT2D eigenvalue weighted by Crippen LogP contribution is -2.28. The molecule has 0 aliphatic carbocycles. The first-order valence-electron chi connectivity index (χ1n) is 5.35. The van der Waals surface area contributed by atoms with Crippen molar-refractivity contribution < 1.29 is 9.47 Å². The largest absolute Gasteiger partial charge is 0.485 e. The molecule has 1 aromatic heterocycles. The van der Waals surface area contributed by atoms with E-state index in [0.29, 0.717) is 12.4 Å².